The molecule has 1 aromatic carbocycles. The number of rotatable bonds is 5. The molecule has 1 heterocycles. The molecular formula is C18H22FN3O3. The van der Waals surface area contributed by atoms with Gasteiger partial charge in [-0.25, -0.2) is 9.37 Å². The predicted molar refractivity (Wildman–Crippen MR) is 87.9 cm³/mol. The molecule has 3 rings (SSSR count). The highest BCUT2D eigenvalue weighted by Crippen LogP contribution is 2.52. The van der Waals surface area contributed by atoms with Crippen molar-refractivity contribution in [3.8, 4) is 0 Å². The summed E-state index contributed by atoms with van der Waals surface area (Å²) in [4.78, 5) is 16.4. The highest BCUT2D eigenvalue weighted by atomic mass is 19.1. The molecule has 3 atom stereocenters. The van der Waals surface area contributed by atoms with Gasteiger partial charge in [-0.05, 0) is 49.8 Å². The minimum absolute atomic E-state index is 0.143. The summed E-state index contributed by atoms with van der Waals surface area (Å²) in [7, 11) is 1.33. The number of nitrogens with zero attached hydrogens (tertiary/aromatic N) is 3. The van der Waals surface area contributed by atoms with Crippen LogP contribution in [0.15, 0.2) is 36.9 Å². The Bertz CT molecular complexity index is 735. The Morgan fingerprint density at radius 3 is 2.76 bits per heavy atom. The molecule has 1 aliphatic carbocycles. The first-order chi connectivity index (χ1) is 11.9. The molecular weight excluding hydrogens is 325 g/mol. The van der Waals surface area contributed by atoms with Crippen molar-refractivity contribution in [3.63, 3.8) is 0 Å². The van der Waals surface area contributed by atoms with Crippen LogP contribution in [-0.4, -0.2) is 38.6 Å². The number of carbonyl (C=O) groups excluding carboxylic acids is 1. The lowest BCUT2D eigenvalue weighted by atomic mass is 9.71. The highest BCUT2D eigenvalue weighted by molar-refractivity contribution is 5.78. The molecule has 1 aliphatic rings. The van der Waals surface area contributed by atoms with E-state index in [1.165, 1.54) is 36.6 Å². The Kier molecular flexibility index (Phi) is 4.60. The summed E-state index contributed by atoms with van der Waals surface area (Å²) in [5.74, 6) is -0.921. The first-order valence-corrected chi connectivity index (χ1v) is 8.27. The van der Waals surface area contributed by atoms with Gasteiger partial charge in [-0.3, -0.25) is 9.48 Å². The van der Waals surface area contributed by atoms with Crippen LogP contribution in [-0.2, 0) is 22.5 Å². The summed E-state index contributed by atoms with van der Waals surface area (Å²) in [5, 5.41) is 15.7. The second-order valence-corrected chi connectivity index (χ2v) is 6.91. The molecule has 2 aromatic rings. The Labute approximate surface area is 145 Å². The molecule has 0 radical (unpaired) electrons. The zero-order valence-electron chi connectivity index (χ0n) is 14.4. The van der Waals surface area contributed by atoms with E-state index in [9.17, 15) is 14.3 Å². The molecule has 1 saturated carbocycles. The Balaban J connectivity index is 1.93. The number of ether oxygens (including phenoxy) is 1. The number of aromatic nitrogens is 3. The lowest BCUT2D eigenvalue weighted by molar-refractivity contribution is -0.173. The number of benzene rings is 1. The first-order valence-electron chi connectivity index (χ1n) is 8.27. The van der Waals surface area contributed by atoms with Crippen LogP contribution in [0.1, 0.15) is 25.3 Å². The van der Waals surface area contributed by atoms with E-state index in [0.29, 0.717) is 19.3 Å². The van der Waals surface area contributed by atoms with Crippen LogP contribution < -0.4 is 0 Å². The van der Waals surface area contributed by atoms with Crippen LogP contribution in [0.4, 0.5) is 4.39 Å². The first kappa shape index (κ1) is 17.5. The van der Waals surface area contributed by atoms with E-state index in [-0.39, 0.29) is 18.3 Å². The molecule has 0 amide bonds. The third-order valence-electron chi connectivity index (χ3n) is 5.52. The second kappa shape index (κ2) is 6.55. The maximum atomic E-state index is 13.1. The second-order valence-electron chi connectivity index (χ2n) is 6.91. The average Bonchev–Trinajstić information content (AvgIpc) is 3.19. The van der Waals surface area contributed by atoms with E-state index < -0.39 is 17.0 Å². The Morgan fingerprint density at radius 2 is 2.16 bits per heavy atom. The van der Waals surface area contributed by atoms with Crippen LogP contribution in [0.25, 0.3) is 0 Å². The van der Waals surface area contributed by atoms with Crippen molar-refractivity contribution in [3.05, 3.63) is 48.3 Å². The highest BCUT2D eigenvalue weighted by Gasteiger charge is 2.61. The van der Waals surface area contributed by atoms with E-state index in [0.717, 1.165) is 5.56 Å². The fourth-order valence-electron chi connectivity index (χ4n) is 3.91. The third kappa shape index (κ3) is 3.04. The zero-order valence-corrected chi connectivity index (χ0v) is 14.4. The molecule has 0 aliphatic heterocycles. The number of esters is 1. The smallest absolute Gasteiger partial charge is 0.314 e. The van der Waals surface area contributed by atoms with Crippen molar-refractivity contribution in [1.29, 1.82) is 0 Å². The van der Waals surface area contributed by atoms with Gasteiger partial charge in [0.15, 0.2) is 0 Å². The number of methoxy groups -OCH3 is 1. The van der Waals surface area contributed by atoms with Gasteiger partial charge in [-0.1, -0.05) is 12.1 Å². The summed E-state index contributed by atoms with van der Waals surface area (Å²) in [6.07, 6.45) is 4.62. The maximum Gasteiger partial charge on any atom is 0.314 e. The standard InChI is InChI=1S/C18H22FN3O3/c1-17(16(23)25-2)8-7-14(9-13-3-5-15(19)6-4-13)18(17,24)10-22-12-20-11-21-22/h3-6,11-12,14,24H,7-10H2,1-2H3. The summed E-state index contributed by atoms with van der Waals surface area (Å²) in [6, 6.07) is 6.22. The number of aliphatic hydroxyl groups is 1. The fraction of sp³-hybridized carbons (Fsp3) is 0.500. The summed E-state index contributed by atoms with van der Waals surface area (Å²) >= 11 is 0. The number of hydrogen-bond acceptors (Lipinski definition) is 5. The van der Waals surface area contributed by atoms with Crippen molar-refractivity contribution >= 4 is 5.97 Å². The van der Waals surface area contributed by atoms with Crippen molar-refractivity contribution in [2.24, 2.45) is 11.3 Å². The van der Waals surface area contributed by atoms with E-state index in [4.69, 9.17) is 4.74 Å². The lowest BCUT2D eigenvalue weighted by Gasteiger charge is -2.40. The van der Waals surface area contributed by atoms with Crippen LogP contribution >= 0.6 is 0 Å². The summed E-state index contributed by atoms with van der Waals surface area (Å²) in [5.41, 5.74) is -1.47. The quantitative estimate of drug-likeness (QED) is 0.837. The van der Waals surface area contributed by atoms with Crippen molar-refractivity contribution < 1.29 is 19.0 Å². The molecule has 134 valence electrons. The topological polar surface area (TPSA) is 77.2 Å². The molecule has 7 heteroatoms. The minimum Gasteiger partial charge on any atom is -0.469 e. The maximum absolute atomic E-state index is 13.1. The minimum atomic E-state index is -1.35. The molecule has 1 N–H and O–H groups in total. The summed E-state index contributed by atoms with van der Waals surface area (Å²) in [6.45, 7) is 1.88. The molecule has 3 unspecified atom stereocenters. The zero-order chi connectivity index (χ0) is 18.1. The molecule has 0 saturated heterocycles. The molecule has 1 aromatic heterocycles. The van der Waals surface area contributed by atoms with E-state index in [1.54, 1.807) is 19.1 Å². The molecule has 6 nitrogen and oxygen atoms in total. The van der Waals surface area contributed by atoms with Gasteiger partial charge < -0.3 is 9.84 Å². The normalized spacial score (nSPS) is 28.9. The fourth-order valence-corrected chi connectivity index (χ4v) is 3.91. The van der Waals surface area contributed by atoms with Crippen molar-refractivity contribution in [1.82, 2.24) is 14.8 Å². The van der Waals surface area contributed by atoms with Crippen LogP contribution in [0, 0.1) is 17.2 Å². The van der Waals surface area contributed by atoms with Crippen LogP contribution in [0.5, 0.6) is 0 Å². The van der Waals surface area contributed by atoms with Crippen LogP contribution in [0.3, 0.4) is 0 Å². The van der Waals surface area contributed by atoms with Gasteiger partial charge in [-0.15, -0.1) is 0 Å². The molecule has 25 heavy (non-hydrogen) atoms. The van der Waals surface area contributed by atoms with E-state index in [2.05, 4.69) is 10.1 Å². The van der Waals surface area contributed by atoms with Crippen molar-refractivity contribution in [2.75, 3.05) is 7.11 Å². The van der Waals surface area contributed by atoms with Gasteiger partial charge in [-0.2, -0.15) is 5.10 Å². The Morgan fingerprint density at radius 1 is 1.44 bits per heavy atom. The van der Waals surface area contributed by atoms with Gasteiger partial charge in [0.25, 0.3) is 0 Å². The number of carbonyl (C=O) groups is 1. The Hall–Kier alpha value is -2.28. The third-order valence-corrected chi connectivity index (χ3v) is 5.52. The molecule has 1 fully saturated rings. The largest absolute Gasteiger partial charge is 0.469 e. The molecule has 0 spiro atoms. The number of hydrogen-bond donors (Lipinski definition) is 1. The van der Waals surface area contributed by atoms with Gasteiger partial charge in [0, 0.05) is 0 Å². The lowest BCUT2D eigenvalue weighted by Crippen LogP contribution is -2.54. The summed E-state index contributed by atoms with van der Waals surface area (Å²) < 4.78 is 19.7. The van der Waals surface area contributed by atoms with E-state index >= 15 is 0 Å². The van der Waals surface area contributed by atoms with Crippen molar-refractivity contribution in [2.45, 2.75) is 38.3 Å². The van der Waals surface area contributed by atoms with Gasteiger partial charge in [0.1, 0.15) is 24.1 Å². The predicted octanol–water partition coefficient (Wildman–Crippen LogP) is 1.98. The van der Waals surface area contributed by atoms with Gasteiger partial charge >= 0.3 is 5.97 Å². The van der Waals surface area contributed by atoms with Gasteiger partial charge in [0.2, 0.25) is 0 Å². The van der Waals surface area contributed by atoms with Crippen LogP contribution in [0.2, 0.25) is 0 Å². The number of halogens is 1. The SMILES string of the molecule is COC(=O)C1(C)CCC(Cc2ccc(F)cc2)C1(O)Cn1cncn1. The van der Waals surface area contributed by atoms with Gasteiger partial charge in [0.05, 0.1) is 19.1 Å². The average molecular weight is 347 g/mol. The van der Waals surface area contributed by atoms with E-state index in [1.807, 2.05) is 0 Å². The monoisotopic (exact) mass is 347 g/mol. The molecule has 0 bridgehead atoms.